The largest absolute Gasteiger partial charge is 0.464 e. The second kappa shape index (κ2) is 8.27. The number of ether oxygens (including phenoxy) is 2. The number of carbonyl (C=O) groups excluding carboxylic acids is 1. The van der Waals surface area contributed by atoms with Gasteiger partial charge in [0.15, 0.2) is 6.10 Å². The van der Waals surface area contributed by atoms with Crippen LogP contribution in [0.1, 0.15) is 32.3 Å². The molecular formula is C14H19BrO3. The fourth-order valence-corrected chi connectivity index (χ4v) is 1.97. The van der Waals surface area contributed by atoms with E-state index in [1.165, 1.54) is 0 Å². The van der Waals surface area contributed by atoms with Crippen molar-refractivity contribution in [2.24, 2.45) is 0 Å². The summed E-state index contributed by atoms with van der Waals surface area (Å²) >= 11 is 3.46. The third-order valence-electron chi connectivity index (χ3n) is 2.50. The van der Waals surface area contributed by atoms with Crippen LogP contribution < -0.4 is 0 Å². The van der Waals surface area contributed by atoms with Crippen molar-refractivity contribution in [1.29, 1.82) is 0 Å². The van der Waals surface area contributed by atoms with Gasteiger partial charge in [0.2, 0.25) is 0 Å². The highest BCUT2D eigenvalue weighted by molar-refractivity contribution is 9.10. The first-order valence-corrected chi connectivity index (χ1v) is 7.00. The van der Waals surface area contributed by atoms with Gasteiger partial charge >= 0.3 is 5.97 Å². The number of esters is 1. The summed E-state index contributed by atoms with van der Waals surface area (Å²) in [4.78, 5) is 11.7. The van der Waals surface area contributed by atoms with E-state index in [1.807, 2.05) is 31.2 Å². The highest BCUT2D eigenvalue weighted by Crippen LogP contribution is 2.18. The maximum Gasteiger partial charge on any atom is 0.335 e. The molecule has 18 heavy (non-hydrogen) atoms. The Morgan fingerprint density at radius 2 is 2.06 bits per heavy atom. The minimum Gasteiger partial charge on any atom is -0.464 e. The number of hydrogen-bond donors (Lipinski definition) is 0. The maximum absolute atomic E-state index is 11.7. The predicted molar refractivity (Wildman–Crippen MR) is 74.3 cm³/mol. The molecular weight excluding hydrogens is 296 g/mol. The molecule has 0 heterocycles. The Balaban J connectivity index is 2.57. The Morgan fingerprint density at radius 1 is 1.33 bits per heavy atom. The van der Waals surface area contributed by atoms with Gasteiger partial charge in [-0.3, -0.25) is 0 Å². The molecule has 0 radical (unpaired) electrons. The molecule has 1 rings (SSSR count). The molecule has 1 unspecified atom stereocenters. The van der Waals surface area contributed by atoms with E-state index in [2.05, 4.69) is 15.9 Å². The fraction of sp³-hybridized carbons (Fsp3) is 0.500. The first-order valence-electron chi connectivity index (χ1n) is 6.20. The fourth-order valence-electron chi connectivity index (χ4n) is 1.57. The van der Waals surface area contributed by atoms with Crippen molar-refractivity contribution in [3.05, 3.63) is 34.3 Å². The molecule has 0 aromatic heterocycles. The van der Waals surface area contributed by atoms with Crippen LogP contribution in [0.3, 0.4) is 0 Å². The highest BCUT2D eigenvalue weighted by Gasteiger charge is 2.19. The monoisotopic (exact) mass is 314 g/mol. The van der Waals surface area contributed by atoms with Gasteiger partial charge in [0.25, 0.3) is 0 Å². The summed E-state index contributed by atoms with van der Waals surface area (Å²) in [5.41, 5.74) is 1.03. The zero-order valence-electron chi connectivity index (χ0n) is 10.8. The molecule has 3 nitrogen and oxygen atoms in total. The SMILES string of the molecule is CCCC(OCc1ccccc1Br)C(=O)OCC. The summed E-state index contributed by atoms with van der Waals surface area (Å²) in [6.45, 7) is 4.62. The van der Waals surface area contributed by atoms with Crippen molar-refractivity contribution in [2.45, 2.75) is 39.4 Å². The van der Waals surface area contributed by atoms with Gasteiger partial charge in [0, 0.05) is 4.47 Å². The Kier molecular flexibility index (Phi) is 6.98. The number of benzene rings is 1. The van der Waals surface area contributed by atoms with E-state index in [-0.39, 0.29) is 5.97 Å². The van der Waals surface area contributed by atoms with Gasteiger partial charge in [-0.1, -0.05) is 47.5 Å². The van der Waals surface area contributed by atoms with E-state index >= 15 is 0 Å². The highest BCUT2D eigenvalue weighted by atomic mass is 79.9. The van der Waals surface area contributed by atoms with Crippen LogP contribution in [0.25, 0.3) is 0 Å². The lowest BCUT2D eigenvalue weighted by Crippen LogP contribution is -2.26. The molecule has 1 atom stereocenters. The average Bonchev–Trinajstić information content (AvgIpc) is 2.36. The molecule has 0 aliphatic rings. The standard InChI is InChI=1S/C14H19BrO3/c1-3-7-13(14(16)17-4-2)18-10-11-8-5-6-9-12(11)15/h5-6,8-9,13H,3-4,7,10H2,1-2H3. The molecule has 0 fully saturated rings. The number of rotatable bonds is 7. The first-order chi connectivity index (χ1) is 8.69. The van der Waals surface area contributed by atoms with Crippen molar-refractivity contribution < 1.29 is 14.3 Å². The lowest BCUT2D eigenvalue weighted by atomic mass is 10.2. The average molecular weight is 315 g/mol. The van der Waals surface area contributed by atoms with E-state index in [0.29, 0.717) is 19.6 Å². The van der Waals surface area contributed by atoms with Gasteiger partial charge in [-0.25, -0.2) is 4.79 Å². The molecule has 0 N–H and O–H groups in total. The molecule has 4 heteroatoms. The van der Waals surface area contributed by atoms with Crippen molar-refractivity contribution in [2.75, 3.05) is 6.61 Å². The van der Waals surface area contributed by atoms with E-state index in [4.69, 9.17) is 9.47 Å². The van der Waals surface area contributed by atoms with E-state index < -0.39 is 6.10 Å². The molecule has 0 aliphatic heterocycles. The van der Waals surface area contributed by atoms with Crippen LogP contribution in [-0.2, 0) is 20.9 Å². The summed E-state index contributed by atoms with van der Waals surface area (Å²) < 4.78 is 11.6. The predicted octanol–water partition coefficient (Wildman–Crippen LogP) is 3.70. The van der Waals surface area contributed by atoms with Gasteiger partial charge in [0.1, 0.15) is 0 Å². The van der Waals surface area contributed by atoms with E-state index in [1.54, 1.807) is 6.92 Å². The first kappa shape index (κ1) is 15.2. The second-order valence-electron chi connectivity index (χ2n) is 3.93. The van der Waals surface area contributed by atoms with Crippen molar-refractivity contribution in [1.82, 2.24) is 0 Å². The summed E-state index contributed by atoms with van der Waals surface area (Å²) in [6, 6.07) is 7.82. The molecule has 0 spiro atoms. The Bertz CT molecular complexity index is 379. The third-order valence-corrected chi connectivity index (χ3v) is 3.27. The van der Waals surface area contributed by atoms with Crippen molar-refractivity contribution in [3.63, 3.8) is 0 Å². The Labute approximate surface area is 117 Å². The zero-order valence-corrected chi connectivity index (χ0v) is 12.4. The molecule has 0 saturated heterocycles. The van der Waals surface area contributed by atoms with Crippen LogP contribution in [0.5, 0.6) is 0 Å². The molecule has 0 aliphatic carbocycles. The van der Waals surface area contributed by atoms with Gasteiger partial charge in [0.05, 0.1) is 13.2 Å². The summed E-state index contributed by atoms with van der Waals surface area (Å²) in [5.74, 6) is -0.272. The Morgan fingerprint density at radius 3 is 2.67 bits per heavy atom. The maximum atomic E-state index is 11.7. The number of halogens is 1. The lowest BCUT2D eigenvalue weighted by molar-refractivity contribution is -0.158. The second-order valence-corrected chi connectivity index (χ2v) is 4.79. The van der Waals surface area contributed by atoms with Crippen LogP contribution in [0.4, 0.5) is 0 Å². The molecule has 0 amide bonds. The Hall–Kier alpha value is -0.870. The quantitative estimate of drug-likeness (QED) is 0.720. The molecule has 0 bridgehead atoms. The minimum absolute atomic E-state index is 0.272. The van der Waals surface area contributed by atoms with E-state index in [0.717, 1.165) is 16.5 Å². The summed E-state index contributed by atoms with van der Waals surface area (Å²) in [6.07, 6.45) is 1.10. The smallest absolute Gasteiger partial charge is 0.335 e. The zero-order chi connectivity index (χ0) is 13.4. The van der Waals surface area contributed by atoms with Gasteiger partial charge in [-0.05, 0) is 25.0 Å². The number of carbonyl (C=O) groups is 1. The normalized spacial score (nSPS) is 12.2. The van der Waals surface area contributed by atoms with Crippen LogP contribution in [-0.4, -0.2) is 18.7 Å². The van der Waals surface area contributed by atoms with Gasteiger partial charge in [-0.15, -0.1) is 0 Å². The summed E-state index contributed by atoms with van der Waals surface area (Å²) in [7, 11) is 0. The minimum atomic E-state index is -0.470. The van der Waals surface area contributed by atoms with Crippen molar-refractivity contribution >= 4 is 21.9 Å². The van der Waals surface area contributed by atoms with E-state index in [9.17, 15) is 4.79 Å². The molecule has 1 aromatic carbocycles. The van der Waals surface area contributed by atoms with Crippen LogP contribution >= 0.6 is 15.9 Å². The van der Waals surface area contributed by atoms with Gasteiger partial charge in [-0.2, -0.15) is 0 Å². The topological polar surface area (TPSA) is 35.5 Å². The molecule has 100 valence electrons. The third kappa shape index (κ3) is 4.78. The van der Waals surface area contributed by atoms with Gasteiger partial charge < -0.3 is 9.47 Å². The van der Waals surface area contributed by atoms with Crippen LogP contribution in [0, 0.1) is 0 Å². The van der Waals surface area contributed by atoms with Crippen LogP contribution in [0.2, 0.25) is 0 Å². The lowest BCUT2D eigenvalue weighted by Gasteiger charge is -2.16. The number of hydrogen-bond acceptors (Lipinski definition) is 3. The van der Waals surface area contributed by atoms with Crippen molar-refractivity contribution in [3.8, 4) is 0 Å². The summed E-state index contributed by atoms with van der Waals surface area (Å²) in [5, 5.41) is 0. The molecule has 0 saturated carbocycles. The molecule has 1 aromatic rings. The van der Waals surface area contributed by atoms with Crippen LogP contribution in [0.15, 0.2) is 28.7 Å².